The third kappa shape index (κ3) is 5.02. The molecule has 3 heterocycles. The fraction of sp³-hybridized carbons (Fsp3) is 0.500. The minimum atomic E-state index is 0.181. The van der Waals surface area contributed by atoms with Gasteiger partial charge in [0.1, 0.15) is 12.4 Å². The summed E-state index contributed by atoms with van der Waals surface area (Å²) in [6, 6.07) is 10.6. The Hall–Kier alpha value is -2.95. The van der Waals surface area contributed by atoms with Gasteiger partial charge in [-0.25, -0.2) is 4.52 Å². The van der Waals surface area contributed by atoms with Gasteiger partial charge in [-0.05, 0) is 56.2 Å². The van der Waals surface area contributed by atoms with E-state index < -0.39 is 0 Å². The molecule has 7 nitrogen and oxygen atoms in total. The number of benzene rings is 1. The van der Waals surface area contributed by atoms with Crippen LogP contribution in [0.5, 0.6) is 5.75 Å². The van der Waals surface area contributed by atoms with Crippen molar-refractivity contribution in [2.24, 2.45) is 5.92 Å². The van der Waals surface area contributed by atoms with Crippen LogP contribution < -0.4 is 4.74 Å². The van der Waals surface area contributed by atoms with Gasteiger partial charge in [0.2, 0.25) is 0 Å². The molecule has 0 bridgehead atoms. The summed E-state index contributed by atoms with van der Waals surface area (Å²) in [6.07, 6.45) is 11.7. The number of aromatic nitrogens is 3. The van der Waals surface area contributed by atoms with Gasteiger partial charge >= 0.3 is 0 Å². The molecule has 2 fully saturated rings. The van der Waals surface area contributed by atoms with E-state index in [1.807, 2.05) is 35.2 Å². The quantitative estimate of drug-likeness (QED) is 0.486. The van der Waals surface area contributed by atoms with Crippen LogP contribution in [-0.4, -0.2) is 47.1 Å². The monoisotopic (exact) mass is 446 g/mol. The minimum absolute atomic E-state index is 0.181. The number of hydrogen-bond donors (Lipinski definition) is 0. The Morgan fingerprint density at radius 2 is 1.82 bits per heavy atom. The summed E-state index contributed by atoms with van der Waals surface area (Å²) in [4.78, 5) is 4.76. The molecule has 0 amide bonds. The predicted octanol–water partition coefficient (Wildman–Crippen LogP) is 4.77. The first kappa shape index (κ1) is 21.9. The Kier molecular flexibility index (Phi) is 6.84. The van der Waals surface area contributed by atoms with Crippen molar-refractivity contribution in [3.63, 3.8) is 0 Å². The molecular formula is C26H30N4O3. The molecule has 2 aromatic heterocycles. The van der Waals surface area contributed by atoms with Crippen LogP contribution >= 0.6 is 0 Å². The van der Waals surface area contributed by atoms with E-state index in [-0.39, 0.29) is 12.0 Å². The molecule has 0 radical (unpaired) electrons. The highest BCUT2D eigenvalue weighted by molar-refractivity contribution is 5.82. The topological polar surface area (TPSA) is 81.7 Å². The lowest BCUT2D eigenvalue weighted by molar-refractivity contribution is -0.0388. The van der Waals surface area contributed by atoms with Gasteiger partial charge in [-0.3, -0.25) is 4.98 Å². The van der Waals surface area contributed by atoms with Gasteiger partial charge in [0.05, 0.1) is 36.2 Å². The molecule has 3 aromatic rings. The van der Waals surface area contributed by atoms with E-state index in [4.69, 9.17) is 19.2 Å². The van der Waals surface area contributed by atoms with E-state index in [1.54, 1.807) is 0 Å². The second-order valence-electron chi connectivity index (χ2n) is 8.90. The van der Waals surface area contributed by atoms with Gasteiger partial charge in [0.25, 0.3) is 0 Å². The fourth-order valence-corrected chi connectivity index (χ4v) is 4.92. The van der Waals surface area contributed by atoms with Crippen molar-refractivity contribution in [1.82, 2.24) is 14.6 Å². The second-order valence-corrected chi connectivity index (χ2v) is 8.90. The maximum atomic E-state index is 9.23. The number of hydrogen-bond acceptors (Lipinski definition) is 6. The molecule has 1 aliphatic carbocycles. The zero-order valence-electron chi connectivity index (χ0n) is 18.9. The SMILES string of the molecule is N#C[C@H]1CC[C@@H](c2nccn3ncc(-c4ccc(OCCOC5CCOCC5)cc4)c23)CC1. The van der Waals surface area contributed by atoms with Crippen molar-refractivity contribution in [2.75, 3.05) is 26.4 Å². The van der Waals surface area contributed by atoms with E-state index in [0.29, 0.717) is 19.1 Å². The van der Waals surface area contributed by atoms with Crippen LogP contribution in [0.2, 0.25) is 0 Å². The van der Waals surface area contributed by atoms with Crippen LogP contribution in [-0.2, 0) is 9.47 Å². The summed E-state index contributed by atoms with van der Waals surface area (Å²) in [5.74, 6) is 1.38. The molecule has 0 unspecified atom stereocenters. The zero-order chi connectivity index (χ0) is 22.5. The molecule has 1 saturated heterocycles. The van der Waals surface area contributed by atoms with Crippen molar-refractivity contribution < 1.29 is 14.2 Å². The summed E-state index contributed by atoms with van der Waals surface area (Å²) in [5.41, 5.74) is 4.33. The Bertz CT molecular complexity index is 1090. The summed E-state index contributed by atoms with van der Waals surface area (Å²) in [7, 11) is 0. The molecule has 33 heavy (non-hydrogen) atoms. The first-order valence-corrected chi connectivity index (χ1v) is 12.0. The number of nitrogens with zero attached hydrogens (tertiary/aromatic N) is 4. The van der Waals surface area contributed by atoms with Gasteiger partial charge in [-0.15, -0.1) is 0 Å². The van der Waals surface area contributed by atoms with Gasteiger partial charge in [-0.1, -0.05) is 12.1 Å². The van der Waals surface area contributed by atoms with Gasteiger partial charge in [-0.2, -0.15) is 10.4 Å². The lowest BCUT2D eigenvalue weighted by Crippen LogP contribution is -2.25. The van der Waals surface area contributed by atoms with Crippen molar-refractivity contribution in [2.45, 2.75) is 50.5 Å². The molecule has 1 aromatic carbocycles. The van der Waals surface area contributed by atoms with Crippen molar-refractivity contribution in [3.8, 4) is 22.9 Å². The molecule has 172 valence electrons. The molecular weight excluding hydrogens is 416 g/mol. The van der Waals surface area contributed by atoms with Crippen molar-refractivity contribution in [1.29, 1.82) is 5.26 Å². The first-order chi connectivity index (χ1) is 16.3. The lowest BCUT2D eigenvalue weighted by Gasteiger charge is -2.25. The number of nitriles is 1. The van der Waals surface area contributed by atoms with Crippen LogP contribution in [0.1, 0.15) is 50.1 Å². The maximum absolute atomic E-state index is 9.23. The molecule has 7 heteroatoms. The van der Waals surface area contributed by atoms with E-state index in [0.717, 1.165) is 79.8 Å². The van der Waals surface area contributed by atoms with Gasteiger partial charge < -0.3 is 14.2 Å². The third-order valence-corrected chi connectivity index (χ3v) is 6.80. The molecule has 2 aliphatic rings. The van der Waals surface area contributed by atoms with Crippen molar-refractivity contribution in [3.05, 3.63) is 48.5 Å². The van der Waals surface area contributed by atoms with Gasteiger partial charge in [0, 0.05) is 43.0 Å². The minimum Gasteiger partial charge on any atom is -0.491 e. The largest absolute Gasteiger partial charge is 0.491 e. The van der Waals surface area contributed by atoms with Crippen LogP contribution in [0.3, 0.4) is 0 Å². The smallest absolute Gasteiger partial charge is 0.119 e. The van der Waals surface area contributed by atoms with E-state index >= 15 is 0 Å². The van der Waals surface area contributed by atoms with Crippen LogP contribution in [0, 0.1) is 17.2 Å². The summed E-state index contributed by atoms with van der Waals surface area (Å²) in [6.45, 7) is 2.69. The highest BCUT2D eigenvalue weighted by atomic mass is 16.5. The highest BCUT2D eigenvalue weighted by Gasteiger charge is 2.26. The maximum Gasteiger partial charge on any atom is 0.119 e. The van der Waals surface area contributed by atoms with E-state index in [1.165, 1.54) is 0 Å². The molecule has 1 aliphatic heterocycles. The lowest BCUT2D eigenvalue weighted by atomic mass is 9.80. The van der Waals surface area contributed by atoms with Crippen LogP contribution in [0.4, 0.5) is 0 Å². The predicted molar refractivity (Wildman–Crippen MR) is 124 cm³/mol. The van der Waals surface area contributed by atoms with Crippen LogP contribution in [0.15, 0.2) is 42.9 Å². The molecule has 0 atom stereocenters. The second kappa shape index (κ2) is 10.3. The van der Waals surface area contributed by atoms with E-state index in [9.17, 15) is 5.26 Å². The number of ether oxygens (including phenoxy) is 3. The third-order valence-electron chi connectivity index (χ3n) is 6.80. The molecule has 0 spiro atoms. The number of fused-ring (bicyclic) bond motifs is 1. The standard InChI is InChI=1S/C26H30N4O3/c27-17-19-1-3-21(4-2-19)25-26-24(18-29-30(26)12-11-28-25)20-5-7-22(8-6-20)32-15-16-33-23-9-13-31-14-10-23/h5-8,11-12,18-19,21,23H,1-4,9-10,13-16H2/t19-,21+. The average Bonchev–Trinajstić information content (AvgIpc) is 3.32. The summed E-state index contributed by atoms with van der Waals surface area (Å²) >= 11 is 0. The number of rotatable bonds is 7. The normalized spacial score (nSPS) is 21.7. The van der Waals surface area contributed by atoms with Crippen molar-refractivity contribution >= 4 is 5.52 Å². The van der Waals surface area contributed by atoms with Crippen LogP contribution in [0.25, 0.3) is 16.6 Å². The Morgan fingerprint density at radius 1 is 1.03 bits per heavy atom. The van der Waals surface area contributed by atoms with Gasteiger partial charge in [0.15, 0.2) is 0 Å². The first-order valence-electron chi connectivity index (χ1n) is 12.0. The molecule has 5 rings (SSSR count). The molecule has 0 N–H and O–H groups in total. The Balaban J connectivity index is 1.26. The average molecular weight is 447 g/mol. The zero-order valence-corrected chi connectivity index (χ0v) is 18.9. The highest BCUT2D eigenvalue weighted by Crippen LogP contribution is 2.38. The summed E-state index contributed by atoms with van der Waals surface area (Å²) < 4.78 is 19.0. The fourth-order valence-electron chi connectivity index (χ4n) is 4.92. The summed E-state index contributed by atoms with van der Waals surface area (Å²) in [5, 5.41) is 13.8. The Morgan fingerprint density at radius 3 is 2.58 bits per heavy atom. The Labute approximate surface area is 194 Å². The van der Waals surface area contributed by atoms with E-state index in [2.05, 4.69) is 23.3 Å². The molecule has 1 saturated carbocycles.